The van der Waals surface area contributed by atoms with Crippen LogP contribution in [0, 0.1) is 5.92 Å². The van der Waals surface area contributed by atoms with Gasteiger partial charge >= 0.3 is 0 Å². The smallest absolute Gasteiger partial charge is 0.0225 e. The van der Waals surface area contributed by atoms with Gasteiger partial charge in [-0.05, 0) is 65.4 Å². The molecule has 0 aromatic carbocycles. The Morgan fingerprint density at radius 2 is 1.94 bits per heavy atom. The standard InChI is InChI=1S/C14H30N2S/c1-6-16-9-7-13(8-10-16)12(2)15-11-14(3,4)17-5/h12-13,15H,6-11H2,1-5H3. The fraction of sp³-hybridized carbons (Fsp3) is 1.00. The van der Waals surface area contributed by atoms with Gasteiger partial charge in [-0.15, -0.1) is 0 Å². The van der Waals surface area contributed by atoms with Crippen LogP contribution in [0.25, 0.3) is 0 Å². The van der Waals surface area contributed by atoms with Crippen LogP contribution in [-0.4, -0.2) is 48.1 Å². The molecule has 102 valence electrons. The molecule has 0 saturated carbocycles. The van der Waals surface area contributed by atoms with Crippen molar-refractivity contribution >= 4 is 11.8 Å². The van der Waals surface area contributed by atoms with Crippen LogP contribution in [0.2, 0.25) is 0 Å². The van der Waals surface area contributed by atoms with Crippen molar-refractivity contribution in [3.63, 3.8) is 0 Å². The monoisotopic (exact) mass is 258 g/mol. The topological polar surface area (TPSA) is 15.3 Å². The zero-order chi connectivity index (χ0) is 12.9. The zero-order valence-corrected chi connectivity index (χ0v) is 13.1. The molecular weight excluding hydrogens is 228 g/mol. The third-order valence-corrected chi connectivity index (χ3v) is 5.44. The number of hydrogen-bond acceptors (Lipinski definition) is 3. The van der Waals surface area contributed by atoms with Crippen molar-refractivity contribution in [1.29, 1.82) is 0 Å². The van der Waals surface area contributed by atoms with E-state index in [9.17, 15) is 0 Å². The van der Waals surface area contributed by atoms with Crippen molar-refractivity contribution in [3.05, 3.63) is 0 Å². The van der Waals surface area contributed by atoms with Gasteiger partial charge in [-0.1, -0.05) is 6.92 Å². The number of piperidine rings is 1. The average Bonchev–Trinajstić information content (AvgIpc) is 2.36. The van der Waals surface area contributed by atoms with Gasteiger partial charge in [0.15, 0.2) is 0 Å². The molecular formula is C14H30N2S. The lowest BCUT2D eigenvalue weighted by Crippen LogP contribution is -2.45. The summed E-state index contributed by atoms with van der Waals surface area (Å²) in [6, 6.07) is 0.667. The summed E-state index contributed by atoms with van der Waals surface area (Å²) in [4.78, 5) is 2.56. The van der Waals surface area contributed by atoms with Crippen molar-refractivity contribution < 1.29 is 0 Å². The van der Waals surface area contributed by atoms with Gasteiger partial charge in [0.2, 0.25) is 0 Å². The molecule has 1 N–H and O–H groups in total. The minimum Gasteiger partial charge on any atom is -0.313 e. The Morgan fingerprint density at radius 1 is 1.35 bits per heavy atom. The molecule has 0 aromatic rings. The van der Waals surface area contributed by atoms with Crippen molar-refractivity contribution in [2.75, 3.05) is 32.4 Å². The highest BCUT2D eigenvalue weighted by atomic mass is 32.2. The van der Waals surface area contributed by atoms with Gasteiger partial charge in [0, 0.05) is 17.3 Å². The van der Waals surface area contributed by atoms with E-state index in [2.05, 4.69) is 44.2 Å². The summed E-state index contributed by atoms with van der Waals surface area (Å²) >= 11 is 1.95. The van der Waals surface area contributed by atoms with Crippen molar-refractivity contribution in [1.82, 2.24) is 10.2 Å². The van der Waals surface area contributed by atoms with Gasteiger partial charge in [-0.3, -0.25) is 0 Å². The van der Waals surface area contributed by atoms with Gasteiger partial charge in [-0.2, -0.15) is 11.8 Å². The van der Waals surface area contributed by atoms with Gasteiger partial charge in [0.1, 0.15) is 0 Å². The second-order valence-corrected chi connectivity index (χ2v) is 7.42. The van der Waals surface area contributed by atoms with Crippen LogP contribution in [0.3, 0.4) is 0 Å². The molecule has 2 nitrogen and oxygen atoms in total. The predicted molar refractivity (Wildman–Crippen MR) is 79.9 cm³/mol. The molecule has 1 aliphatic rings. The molecule has 0 aliphatic carbocycles. The number of likely N-dealkylation sites (tertiary alicyclic amines) is 1. The largest absolute Gasteiger partial charge is 0.313 e. The minimum atomic E-state index is 0.360. The molecule has 0 amide bonds. The fourth-order valence-electron chi connectivity index (χ4n) is 2.41. The summed E-state index contributed by atoms with van der Waals surface area (Å²) in [7, 11) is 0. The van der Waals surface area contributed by atoms with Gasteiger partial charge in [0.05, 0.1) is 0 Å². The summed E-state index contributed by atoms with van der Waals surface area (Å²) in [6.07, 6.45) is 4.93. The van der Waals surface area contributed by atoms with Crippen molar-refractivity contribution in [3.8, 4) is 0 Å². The van der Waals surface area contributed by atoms with E-state index in [1.165, 1.54) is 32.5 Å². The number of hydrogen-bond donors (Lipinski definition) is 1. The summed E-state index contributed by atoms with van der Waals surface area (Å²) in [5, 5.41) is 3.74. The van der Waals surface area contributed by atoms with E-state index in [-0.39, 0.29) is 0 Å². The maximum absolute atomic E-state index is 3.74. The normalized spacial score (nSPS) is 21.7. The molecule has 1 saturated heterocycles. The molecule has 17 heavy (non-hydrogen) atoms. The lowest BCUT2D eigenvalue weighted by molar-refractivity contribution is 0.168. The molecule has 0 radical (unpaired) electrons. The first-order valence-corrected chi connectivity index (χ1v) is 8.22. The van der Waals surface area contributed by atoms with Crippen LogP contribution in [0.1, 0.15) is 40.5 Å². The Morgan fingerprint density at radius 3 is 2.41 bits per heavy atom. The number of nitrogens with zero attached hydrogens (tertiary/aromatic N) is 1. The Balaban J connectivity index is 2.27. The second-order valence-electron chi connectivity index (χ2n) is 5.91. The Hall–Kier alpha value is 0.270. The summed E-state index contributed by atoms with van der Waals surface area (Å²) in [5.41, 5.74) is 0. The highest BCUT2D eigenvalue weighted by molar-refractivity contribution is 7.99. The van der Waals surface area contributed by atoms with Crippen molar-refractivity contribution in [2.24, 2.45) is 5.92 Å². The molecule has 1 atom stereocenters. The Bertz CT molecular complexity index is 210. The lowest BCUT2D eigenvalue weighted by Gasteiger charge is -2.36. The molecule has 0 bridgehead atoms. The van der Waals surface area contributed by atoms with E-state index in [0.29, 0.717) is 10.8 Å². The van der Waals surface area contributed by atoms with Crippen LogP contribution < -0.4 is 5.32 Å². The predicted octanol–water partition coefficient (Wildman–Crippen LogP) is 2.84. The molecule has 1 heterocycles. The lowest BCUT2D eigenvalue weighted by atomic mass is 9.90. The second kappa shape index (κ2) is 7.01. The quantitative estimate of drug-likeness (QED) is 0.789. The molecule has 3 heteroatoms. The molecule has 0 aromatic heterocycles. The molecule has 1 aliphatic heterocycles. The van der Waals surface area contributed by atoms with Crippen molar-refractivity contribution in [2.45, 2.75) is 51.3 Å². The van der Waals surface area contributed by atoms with Gasteiger partial charge in [-0.25, -0.2) is 0 Å². The summed E-state index contributed by atoms with van der Waals surface area (Å²) in [6.45, 7) is 14.2. The first kappa shape index (κ1) is 15.3. The minimum absolute atomic E-state index is 0.360. The van der Waals surface area contributed by atoms with Crippen LogP contribution >= 0.6 is 11.8 Å². The number of rotatable bonds is 6. The summed E-state index contributed by atoms with van der Waals surface area (Å²) in [5.74, 6) is 0.871. The number of thioether (sulfide) groups is 1. The highest BCUT2D eigenvalue weighted by Crippen LogP contribution is 2.23. The molecule has 1 rings (SSSR count). The van der Waals surface area contributed by atoms with E-state index in [0.717, 1.165) is 12.5 Å². The van der Waals surface area contributed by atoms with Gasteiger partial charge in [0.25, 0.3) is 0 Å². The molecule has 1 fully saturated rings. The first-order valence-electron chi connectivity index (χ1n) is 6.99. The third kappa shape index (κ3) is 5.19. The van der Waals surface area contributed by atoms with E-state index in [1.807, 2.05) is 11.8 Å². The van der Waals surface area contributed by atoms with E-state index in [1.54, 1.807) is 0 Å². The SMILES string of the molecule is CCN1CCC(C(C)NCC(C)(C)SC)CC1. The van der Waals surface area contributed by atoms with E-state index < -0.39 is 0 Å². The zero-order valence-electron chi connectivity index (χ0n) is 12.3. The van der Waals surface area contributed by atoms with Crippen LogP contribution in [0.15, 0.2) is 0 Å². The van der Waals surface area contributed by atoms with Crippen LogP contribution in [-0.2, 0) is 0 Å². The Kier molecular flexibility index (Phi) is 6.32. The first-order chi connectivity index (χ1) is 7.98. The highest BCUT2D eigenvalue weighted by Gasteiger charge is 2.24. The fourth-order valence-corrected chi connectivity index (χ4v) is 2.64. The number of nitrogens with one attached hydrogen (secondary N) is 1. The average molecular weight is 258 g/mol. The van der Waals surface area contributed by atoms with Gasteiger partial charge < -0.3 is 10.2 Å². The molecule has 0 spiro atoms. The third-order valence-electron chi connectivity index (χ3n) is 4.19. The summed E-state index contributed by atoms with van der Waals surface area (Å²) < 4.78 is 0.360. The molecule has 1 unspecified atom stereocenters. The van der Waals surface area contributed by atoms with E-state index in [4.69, 9.17) is 0 Å². The van der Waals surface area contributed by atoms with Crippen LogP contribution in [0.5, 0.6) is 0 Å². The maximum Gasteiger partial charge on any atom is 0.0225 e. The van der Waals surface area contributed by atoms with Crippen LogP contribution in [0.4, 0.5) is 0 Å². The Labute approximate surface area is 112 Å². The maximum atomic E-state index is 3.74. The van der Waals surface area contributed by atoms with E-state index >= 15 is 0 Å².